The van der Waals surface area contributed by atoms with Crippen LogP contribution in [-0.4, -0.2) is 29.0 Å². The normalized spacial score (nSPS) is 11.0. The number of methoxy groups -OCH3 is 1. The number of aliphatic carboxylic acids is 1. The molecule has 0 bridgehead atoms. The van der Waals surface area contributed by atoms with Gasteiger partial charge in [-0.1, -0.05) is 0 Å². The van der Waals surface area contributed by atoms with Crippen molar-refractivity contribution in [1.29, 1.82) is 0 Å². The summed E-state index contributed by atoms with van der Waals surface area (Å²) in [6, 6.07) is 6.80. The molecule has 7 heteroatoms. The molecular weight excluding hydrogens is 370 g/mol. The van der Waals surface area contributed by atoms with Gasteiger partial charge in [0.25, 0.3) is 0 Å². The molecule has 0 saturated heterocycles. The van der Waals surface area contributed by atoms with Crippen LogP contribution in [0.4, 0.5) is 0 Å². The number of thiazole rings is 1. The van der Waals surface area contributed by atoms with Crippen LogP contribution in [0.2, 0.25) is 0 Å². The molecule has 2 aromatic heterocycles. The van der Waals surface area contributed by atoms with Gasteiger partial charge in [0.05, 0.1) is 13.5 Å². The van der Waals surface area contributed by atoms with Gasteiger partial charge >= 0.3 is 5.97 Å². The molecule has 3 aromatic rings. The lowest BCUT2D eigenvalue weighted by Crippen LogP contribution is -2.04. The number of hydrogen-bond donors (Lipinski definition) is 1. The molecule has 1 N–H and O–H groups in total. The summed E-state index contributed by atoms with van der Waals surface area (Å²) in [5.74, 6) is -0.727. The summed E-state index contributed by atoms with van der Waals surface area (Å²) in [6.45, 7) is 0. The lowest BCUT2D eigenvalue weighted by Gasteiger charge is -2.07. The summed E-state index contributed by atoms with van der Waals surface area (Å²) in [5.41, 5.74) is 1.96. The molecule has 0 radical (unpaired) electrons. The molecular formula is C19H15NO4S2. The van der Waals surface area contributed by atoms with Crippen LogP contribution in [0.1, 0.15) is 20.8 Å². The molecule has 0 spiro atoms. The predicted molar refractivity (Wildman–Crippen MR) is 103 cm³/mol. The SMILES string of the molecule is COc1ccc(C(=O)/C=C/c2cnc(-c3ccsc3)s2)cc1CC(=O)O. The van der Waals surface area contributed by atoms with Crippen molar-refractivity contribution in [3.8, 4) is 16.3 Å². The summed E-state index contributed by atoms with van der Waals surface area (Å²) in [7, 11) is 1.47. The number of ketones is 1. The topological polar surface area (TPSA) is 76.5 Å². The largest absolute Gasteiger partial charge is 0.496 e. The zero-order valence-electron chi connectivity index (χ0n) is 13.8. The molecule has 2 heterocycles. The van der Waals surface area contributed by atoms with Gasteiger partial charge in [-0.25, -0.2) is 4.98 Å². The van der Waals surface area contributed by atoms with E-state index in [2.05, 4.69) is 4.98 Å². The van der Waals surface area contributed by atoms with Crippen molar-refractivity contribution in [3.05, 3.63) is 63.3 Å². The van der Waals surface area contributed by atoms with Gasteiger partial charge in [-0.15, -0.1) is 11.3 Å². The first kappa shape index (κ1) is 18.0. The lowest BCUT2D eigenvalue weighted by molar-refractivity contribution is -0.136. The minimum atomic E-state index is -0.978. The molecule has 0 saturated carbocycles. The second kappa shape index (κ2) is 8.07. The third-order valence-electron chi connectivity index (χ3n) is 3.60. The standard InChI is InChI=1S/C19H15NO4S2/c1-24-17-5-2-12(8-14(17)9-18(22)23)16(21)4-3-15-10-20-19(26-15)13-6-7-25-11-13/h2-8,10-11H,9H2,1H3,(H,22,23)/b4-3+. The molecule has 0 fully saturated rings. The molecule has 3 rings (SSSR count). The molecule has 0 unspecified atom stereocenters. The Kier molecular flexibility index (Phi) is 5.60. The van der Waals surface area contributed by atoms with Crippen molar-refractivity contribution >= 4 is 40.5 Å². The molecule has 5 nitrogen and oxygen atoms in total. The maximum absolute atomic E-state index is 12.4. The van der Waals surface area contributed by atoms with Crippen LogP contribution in [0.5, 0.6) is 5.75 Å². The Bertz CT molecular complexity index is 958. The first-order chi connectivity index (χ1) is 12.6. The van der Waals surface area contributed by atoms with E-state index in [1.165, 1.54) is 24.5 Å². The maximum Gasteiger partial charge on any atom is 0.307 e. The lowest BCUT2D eigenvalue weighted by atomic mass is 10.0. The highest BCUT2D eigenvalue weighted by atomic mass is 32.1. The Morgan fingerprint density at radius 1 is 1.31 bits per heavy atom. The van der Waals surface area contributed by atoms with E-state index in [0.29, 0.717) is 16.9 Å². The minimum Gasteiger partial charge on any atom is -0.496 e. The van der Waals surface area contributed by atoms with E-state index in [1.54, 1.807) is 41.8 Å². The van der Waals surface area contributed by atoms with E-state index in [9.17, 15) is 9.59 Å². The quantitative estimate of drug-likeness (QED) is 0.482. The summed E-state index contributed by atoms with van der Waals surface area (Å²) in [6.07, 6.45) is 4.71. The first-order valence-corrected chi connectivity index (χ1v) is 9.42. The number of carbonyl (C=O) groups is 2. The number of hydrogen-bond acceptors (Lipinski definition) is 6. The van der Waals surface area contributed by atoms with Gasteiger partial charge in [-0.3, -0.25) is 9.59 Å². The van der Waals surface area contributed by atoms with Gasteiger partial charge in [-0.2, -0.15) is 11.3 Å². The Morgan fingerprint density at radius 3 is 2.85 bits per heavy atom. The van der Waals surface area contributed by atoms with Gasteiger partial charge in [0.2, 0.25) is 0 Å². The van der Waals surface area contributed by atoms with E-state index in [4.69, 9.17) is 9.84 Å². The van der Waals surface area contributed by atoms with E-state index < -0.39 is 5.97 Å². The van der Waals surface area contributed by atoms with Crippen LogP contribution in [0, 0.1) is 0 Å². The fourth-order valence-corrected chi connectivity index (χ4v) is 3.90. The van der Waals surface area contributed by atoms with E-state index in [1.807, 2.05) is 16.8 Å². The smallest absolute Gasteiger partial charge is 0.307 e. The molecule has 26 heavy (non-hydrogen) atoms. The minimum absolute atomic E-state index is 0.202. The van der Waals surface area contributed by atoms with E-state index in [0.717, 1.165) is 15.4 Å². The fraction of sp³-hybridized carbons (Fsp3) is 0.105. The van der Waals surface area contributed by atoms with Gasteiger partial charge in [0.15, 0.2) is 5.78 Å². The van der Waals surface area contributed by atoms with Gasteiger partial charge < -0.3 is 9.84 Å². The molecule has 132 valence electrons. The number of nitrogens with zero attached hydrogens (tertiary/aromatic N) is 1. The van der Waals surface area contributed by atoms with E-state index >= 15 is 0 Å². The average Bonchev–Trinajstić information content (AvgIpc) is 3.30. The maximum atomic E-state index is 12.4. The molecule has 1 aromatic carbocycles. The van der Waals surface area contributed by atoms with Crippen LogP contribution in [0.3, 0.4) is 0 Å². The number of rotatable bonds is 7. The van der Waals surface area contributed by atoms with Gasteiger partial charge in [-0.05, 0) is 41.8 Å². The highest BCUT2D eigenvalue weighted by Crippen LogP contribution is 2.27. The Morgan fingerprint density at radius 2 is 2.15 bits per heavy atom. The number of benzene rings is 1. The molecule has 0 atom stereocenters. The Labute approximate surface area is 158 Å². The van der Waals surface area contributed by atoms with Crippen molar-refractivity contribution in [2.45, 2.75) is 6.42 Å². The van der Waals surface area contributed by atoms with Crippen molar-refractivity contribution in [1.82, 2.24) is 4.98 Å². The van der Waals surface area contributed by atoms with Crippen molar-refractivity contribution in [3.63, 3.8) is 0 Å². The van der Waals surface area contributed by atoms with E-state index in [-0.39, 0.29) is 12.2 Å². The number of carboxylic acid groups (broad SMARTS) is 1. The predicted octanol–water partition coefficient (Wildman–Crippen LogP) is 4.40. The zero-order chi connectivity index (χ0) is 18.5. The molecule has 0 amide bonds. The van der Waals surface area contributed by atoms with Crippen molar-refractivity contribution < 1.29 is 19.4 Å². The number of carbonyl (C=O) groups excluding carboxylic acids is 1. The average molecular weight is 385 g/mol. The van der Waals surface area contributed by atoms with Gasteiger partial charge in [0, 0.05) is 33.1 Å². The summed E-state index contributed by atoms with van der Waals surface area (Å²) < 4.78 is 5.15. The zero-order valence-corrected chi connectivity index (χ0v) is 15.5. The monoisotopic (exact) mass is 385 g/mol. The van der Waals surface area contributed by atoms with Crippen LogP contribution in [0.15, 0.2) is 47.3 Å². The summed E-state index contributed by atoms with van der Waals surface area (Å²) >= 11 is 3.11. The number of ether oxygens (including phenoxy) is 1. The Hall–Kier alpha value is -2.77. The Balaban J connectivity index is 1.77. The molecule has 0 aliphatic rings. The second-order valence-corrected chi connectivity index (χ2v) is 7.22. The van der Waals surface area contributed by atoms with Crippen molar-refractivity contribution in [2.24, 2.45) is 0 Å². The fourth-order valence-electron chi connectivity index (χ4n) is 2.37. The second-order valence-electron chi connectivity index (χ2n) is 5.37. The third-order valence-corrected chi connectivity index (χ3v) is 5.29. The van der Waals surface area contributed by atoms with Crippen molar-refractivity contribution in [2.75, 3.05) is 7.11 Å². The number of carboxylic acids is 1. The summed E-state index contributed by atoms with van der Waals surface area (Å²) in [5, 5.41) is 13.9. The number of thiophene rings is 1. The third kappa shape index (κ3) is 4.25. The molecule has 0 aliphatic heterocycles. The van der Waals surface area contributed by atoms with Gasteiger partial charge in [0.1, 0.15) is 10.8 Å². The number of allylic oxidation sites excluding steroid dienone is 1. The molecule has 0 aliphatic carbocycles. The highest BCUT2D eigenvalue weighted by molar-refractivity contribution is 7.16. The van der Waals surface area contributed by atoms with Crippen LogP contribution < -0.4 is 4.74 Å². The van der Waals surface area contributed by atoms with Crippen LogP contribution >= 0.6 is 22.7 Å². The summed E-state index contributed by atoms with van der Waals surface area (Å²) in [4.78, 5) is 28.6. The van der Waals surface area contributed by atoms with Crippen LogP contribution in [-0.2, 0) is 11.2 Å². The first-order valence-electron chi connectivity index (χ1n) is 7.66. The highest BCUT2D eigenvalue weighted by Gasteiger charge is 2.11. The number of aromatic nitrogens is 1. The van der Waals surface area contributed by atoms with Crippen LogP contribution in [0.25, 0.3) is 16.6 Å².